The number of fused-ring (bicyclic) bond motifs is 1. The number of nitrogens with one attached hydrogen (secondary N) is 2. The van der Waals surface area contributed by atoms with Gasteiger partial charge < -0.3 is 15.5 Å². The standard InChI is InChI=1S/C15H27N3O/c1-18-8-6-12(7-9-18)16-15(19)14-10-11-4-2-3-5-13(11)17-14/h11-14,17H,2-10H2,1H3,(H,16,19). The lowest BCUT2D eigenvalue weighted by atomic mass is 9.85. The van der Waals surface area contributed by atoms with Crippen LogP contribution in [0.1, 0.15) is 44.9 Å². The molecule has 0 spiro atoms. The van der Waals surface area contributed by atoms with E-state index in [2.05, 4.69) is 22.6 Å². The molecule has 19 heavy (non-hydrogen) atoms. The Hall–Kier alpha value is -0.610. The highest BCUT2D eigenvalue weighted by atomic mass is 16.2. The van der Waals surface area contributed by atoms with Gasteiger partial charge in [0.2, 0.25) is 5.91 Å². The number of nitrogens with zero attached hydrogens (tertiary/aromatic N) is 1. The maximum Gasteiger partial charge on any atom is 0.237 e. The van der Waals surface area contributed by atoms with Gasteiger partial charge in [-0.15, -0.1) is 0 Å². The molecular formula is C15H27N3O. The predicted octanol–water partition coefficient (Wildman–Crippen LogP) is 1.12. The number of hydrogen-bond acceptors (Lipinski definition) is 3. The molecule has 4 nitrogen and oxygen atoms in total. The van der Waals surface area contributed by atoms with Gasteiger partial charge in [-0.3, -0.25) is 4.79 Å². The van der Waals surface area contributed by atoms with Crippen molar-refractivity contribution in [1.82, 2.24) is 15.5 Å². The van der Waals surface area contributed by atoms with Crippen molar-refractivity contribution in [1.29, 1.82) is 0 Å². The fourth-order valence-corrected chi connectivity index (χ4v) is 3.98. The fourth-order valence-electron chi connectivity index (χ4n) is 3.98. The number of hydrogen-bond donors (Lipinski definition) is 2. The summed E-state index contributed by atoms with van der Waals surface area (Å²) in [6.45, 7) is 2.21. The van der Waals surface area contributed by atoms with Gasteiger partial charge in [-0.2, -0.15) is 0 Å². The van der Waals surface area contributed by atoms with Crippen LogP contribution in [-0.2, 0) is 4.79 Å². The molecule has 3 unspecified atom stereocenters. The molecule has 2 heterocycles. The smallest absolute Gasteiger partial charge is 0.237 e. The van der Waals surface area contributed by atoms with Crippen molar-refractivity contribution < 1.29 is 4.79 Å². The van der Waals surface area contributed by atoms with Gasteiger partial charge in [0.15, 0.2) is 0 Å². The largest absolute Gasteiger partial charge is 0.352 e. The first kappa shape index (κ1) is 13.4. The van der Waals surface area contributed by atoms with Crippen molar-refractivity contribution in [2.45, 2.75) is 63.1 Å². The van der Waals surface area contributed by atoms with Crippen molar-refractivity contribution in [3.8, 4) is 0 Å². The molecule has 3 rings (SSSR count). The lowest BCUT2D eigenvalue weighted by molar-refractivity contribution is -0.123. The van der Waals surface area contributed by atoms with Gasteiger partial charge in [-0.25, -0.2) is 0 Å². The van der Waals surface area contributed by atoms with Gasteiger partial charge in [0.25, 0.3) is 0 Å². The van der Waals surface area contributed by atoms with E-state index in [0.717, 1.165) is 38.3 Å². The van der Waals surface area contributed by atoms with Crippen LogP contribution in [0.15, 0.2) is 0 Å². The van der Waals surface area contributed by atoms with E-state index in [0.29, 0.717) is 12.1 Å². The van der Waals surface area contributed by atoms with E-state index in [4.69, 9.17) is 0 Å². The monoisotopic (exact) mass is 265 g/mol. The Bertz CT molecular complexity index is 311. The zero-order valence-electron chi connectivity index (χ0n) is 12.0. The maximum absolute atomic E-state index is 12.4. The Morgan fingerprint density at radius 3 is 2.63 bits per heavy atom. The van der Waals surface area contributed by atoms with E-state index in [1.807, 2.05) is 0 Å². The van der Waals surface area contributed by atoms with Crippen LogP contribution in [0.4, 0.5) is 0 Å². The minimum absolute atomic E-state index is 0.0766. The van der Waals surface area contributed by atoms with Crippen molar-refractivity contribution in [2.24, 2.45) is 5.92 Å². The van der Waals surface area contributed by atoms with Gasteiger partial charge in [0.05, 0.1) is 6.04 Å². The van der Waals surface area contributed by atoms with Crippen molar-refractivity contribution in [2.75, 3.05) is 20.1 Å². The first-order chi connectivity index (χ1) is 9.22. The Balaban J connectivity index is 1.48. The average Bonchev–Trinajstić information content (AvgIpc) is 2.85. The summed E-state index contributed by atoms with van der Waals surface area (Å²) in [7, 11) is 2.15. The Morgan fingerprint density at radius 1 is 1.16 bits per heavy atom. The second-order valence-corrected chi connectivity index (χ2v) is 6.69. The predicted molar refractivity (Wildman–Crippen MR) is 75.9 cm³/mol. The van der Waals surface area contributed by atoms with Crippen LogP contribution in [0, 0.1) is 5.92 Å². The lowest BCUT2D eigenvalue weighted by Crippen LogP contribution is -2.49. The summed E-state index contributed by atoms with van der Waals surface area (Å²) >= 11 is 0. The summed E-state index contributed by atoms with van der Waals surface area (Å²) in [5.41, 5.74) is 0. The molecule has 1 aliphatic carbocycles. The molecule has 3 fully saturated rings. The van der Waals surface area contributed by atoms with E-state index in [1.54, 1.807) is 0 Å². The summed E-state index contributed by atoms with van der Waals surface area (Å²) in [5, 5.41) is 6.83. The molecule has 4 heteroatoms. The molecule has 0 aromatic heterocycles. The van der Waals surface area contributed by atoms with E-state index in [1.165, 1.54) is 25.7 Å². The number of rotatable bonds is 2. The van der Waals surface area contributed by atoms with Gasteiger partial charge in [-0.1, -0.05) is 12.8 Å². The van der Waals surface area contributed by atoms with Crippen LogP contribution in [0.5, 0.6) is 0 Å². The molecule has 2 saturated heterocycles. The number of carbonyl (C=O) groups is 1. The minimum atomic E-state index is 0.0766. The van der Waals surface area contributed by atoms with Crippen LogP contribution in [0.25, 0.3) is 0 Å². The summed E-state index contributed by atoms with van der Waals surface area (Å²) in [5.74, 6) is 1.01. The molecule has 3 aliphatic rings. The molecule has 3 atom stereocenters. The minimum Gasteiger partial charge on any atom is -0.352 e. The molecular weight excluding hydrogens is 238 g/mol. The summed E-state index contributed by atoms with van der Waals surface area (Å²) in [4.78, 5) is 14.7. The molecule has 1 saturated carbocycles. The van der Waals surface area contributed by atoms with Crippen LogP contribution in [0.3, 0.4) is 0 Å². The van der Waals surface area contributed by atoms with E-state index >= 15 is 0 Å². The molecule has 0 radical (unpaired) electrons. The third kappa shape index (κ3) is 3.11. The summed E-state index contributed by atoms with van der Waals surface area (Å²) in [6, 6.07) is 1.09. The fraction of sp³-hybridized carbons (Fsp3) is 0.933. The van der Waals surface area contributed by atoms with Crippen LogP contribution in [0.2, 0.25) is 0 Å². The second-order valence-electron chi connectivity index (χ2n) is 6.69. The first-order valence-corrected chi connectivity index (χ1v) is 7.97. The van der Waals surface area contributed by atoms with Crippen LogP contribution in [-0.4, -0.2) is 49.1 Å². The Morgan fingerprint density at radius 2 is 1.89 bits per heavy atom. The van der Waals surface area contributed by atoms with Crippen molar-refractivity contribution >= 4 is 5.91 Å². The third-order valence-electron chi connectivity index (χ3n) is 5.24. The topological polar surface area (TPSA) is 44.4 Å². The SMILES string of the molecule is CN1CCC(NC(=O)C2CC3CCCCC3N2)CC1. The molecule has 1 amide bonds. The number of carbonyl (C=O) groups excluding carboxylic acids is 1. The maximum atomic E-state index is 12.4. The normalized spacial score (nSPS) is 37.0. The van der Waals surface area contributed by atoms with Crippen molar-refractivity contribution in [3.05, 3.63) is 0 Å². The summed E-state index contributed by atoms with van der Waals surface area (Å²) < 4.78 is 0. The highest BCUT2D eigenvalue weighted by molar-refractivity contribution is 5.82. The molecule has 0 aromatic rings. The number of amides is 1. The molecule has 0 bridgehead atoms. The van der Waals surface area contributed by atoms with Gasteiger partial charge in [0.1, 0.15) is 0 Å². The Kier molecular flexibility index (Phi) is 4.08. The van der Waals surface area contributed by atoms with E-state index < -0.39 is 0 Å². The highest BCUT2D eigenvalue weighted by Crippen LogP contribution is 2.33. The van der Waals surface area contributed by atoms with Gasteiger partial charge >= 0.3 is 0 Å². The van der Waals surface area contributed by atoms with Gasteiger partial charge in [0, 0.05) is 12.1 Å². The van der Waals surface area contributed by atoms with Crippen LogP contribution < -0.4 is 10.6 Å². The zero-order valence-corrected chi connectivity index (χ0v) is 12.0. The van der Waals surface area contributed by atoms with E-state index in [-0.39, 0.29) is 11.9 Å². The first-order valence-electron chi connectivity index (χ1n) is 7.97. The van der Waals surface area contributed by atoms with Gasteiger partial charge in [-0.05, 0) is 58.2 Å². The van der Waals surface area contributed by atoms with Crippen LogP contribution >= 0.6 is 0 Å². The zero-order chi connectivity index (χ0) is 13.2. The average molecular weight is 265 g/mol. The molecule has 0 aromatic carbocycles. The quantitative estimate of drug-likeness (QED) is 0.786. The lowest BCUT2D eigenvalue weighted by Gasteiger charge is -2.30. The second kappa shape index (κ2) is 5.80. The van der Waals surface area contributed by atoms with E-state index in [9.17, 15) is 4.79 Å². The molecule has 2 aliphatic heterocycles. The molecule has 108 valence electrons. The number of likely N-dealkylation sites (tertiary alicyclic amines) is 1. The third-order valence-corrected chi connectivity index (χ3v) is 5.24. The summed E-state index contributed by atoms with van der Waals surface area (Å²) in [6.07, 6.45) is 8.52. The highest BCUT2D eigenvalue weighted by Gasteiger charge is 2.38. The molecule has 2 N–H and O–H groups in total. The number of piperidine rings is 1. The van der Waals surface area contributed by atoms with Crippen molar-refractivity contribution in [3.63, 3.8) is 0 Å². The Labute approximate surface area is 116 Å².